The van der Waals surface area contributed by atoms with Crippen LogP contribution in [-0.4, -0.2) is 36.5 Å². The summed E-state index contributed by atoms with van der Waals surface area (Å²) in [5.74, 6) is 2.17. The fourth-order valence-corrected chi connectivity index (χ4v) is 2.73. The number of benzene rings is 1. The summed E-state index contributed by atoms with van der Waals surface area (Å²) in [6.45, 7) is 3.84. The van der Waals surface area contributed by atoms with Gasteiger partial charge in [-0.15, -0.1) is 11.8 Å². The van der Waals surface area contributed by atoms with Crippen molar-refractivity contribution in [2.45, 2.75) is 17.9 Å². The van der Waals surface area contributed by atoms with Gasteiger partial charge in [0.05, 0.1) is 12.8 Å². The molecule has 0 aliphatic heterocycles. The third-order valence-corrected chi connectivity index (χ3v) is 4.06. The van der Waals surface area contributed by atoms with Gasteiger partial charge in [-0.2, -0.15) is 0 Å². The van der Waals surface area contributed by atoms with E-state index in [9.17, 15) is 5.11 Å². The Morgan fingerprint density at radius 1 is 1.22 bits per heavy atom. The lowest BCUT2D eigenvalue weighted by molar-refractivity contribution is 0.158. The first kappa shape index (κ1) is 17.4. The van der Waals surface area contributed by atoms with E-state index in [-0.39, 0.29) is 6.54 Å². The van der Waals surface area contributed by atoms with Gasteiger partial charge in [0, 0.05) is 23.7 Å². The summed E-state index contributed by atoms with van der Waals surface area (Å²) >= 11 is 1.79. The first-order valence-corrected chi connectivity index (χ1v) is 8.69. The average Bonchev–Trinajstić information content (AvgIpc) is 3.11. The summed E-state index contributed by atoms with van der Waals surface area (Å²) in [5.41, 5.74) is 0. The second-order valence-electron chi connectivity index (χ2n) is 4.84. The lowest BCUT2D eigenvalue weighted by atomic mass is 10.3. The first-order chi connectivity index (χ1) is 11.3. The molecule has 0 radical (unpaired) electrons. The molecule has 1 aromatic heterocycles. The van der Waals surface area contributed by atoms with E-state index in [0.29, 0.717) is 11.7 Å². The van der Waals surface area contributed by atoms with Crippen LogP contribution in [0.25, 0.3) is 0 Å². The van der Waals surface area contributed by atoms with Crippen LogP contribution in [0.5, 0.6) is 0 Å². The zero-order valence-electron chi connectivity index (χ0n) is 13.2. The number of thioether (sulfide) groups is 1. The van der Waals surface area contributed by atoms with Crippen LogP contribution in [0.3, 0.4) is 0 Å². The maximum absolute atomic E-state index is 9.99. The van der Waals surface area contributed by atoms with Crippen LogP contribution in [0, 0.1) is 0 Å². The van der Waals surface area contributed by atoms with Crippen molar-refractivity contribution in [1.82, 2.24) is 10.6 Å². The second-order valence-corrected chi connectivity index (χ2v) is 6.01. The monoisotopic (exact) mass is 333 g/mol. The third-order valence-electron chi connectivity index (χ3n) is 3.04. The minimum atomic E-state index is -0.723. The number of aliphatic hydroxyl groups is 1. The maximum atomic E-state index is 9.99. The Morgan fingerprint density at radius 3 is 2.74 bits per heavy atom. The maximum Gasteiger partial charge on any atom is 0.191 e. The van der Waals surface area contributed by atoms with E-state index in [2.05, 4.69) is 27.8 Å². The number of aliphatic imine (C=N–C) groups is 1. The number of nitrogens with zero attached hydrogens (tertiary/aromatic N) is 1. The Balaban J connectivity index is 1.75. The van der Waals surface area contributed by atoms with E-state index in [0.717, 1.165) is 18.8 Å². The number of hydrogen-bond acceptors (Lipinski definition) is 4. The molecule has 2 rings (SSSR count). The Kier molecular flexibility index (Phi) is 7.56. The number of guanidine groups is 1. The minimum absolute atomic E-state index is 0.259. The van der Waals surface area contributed by atoms with Crippen molar-refractivity contribution in [2.75, 3.05) is 25.4 Å². The molecule has 1 aromatic carbocycles. The molecule has 124 valence electrons. The van der Waals surface area contributed by atoms with E-state index in [4.69, 9.17) is 4.42 Å². The molecular formula is C17H23N3O2S. The molecule has 0 aliphatic rings. The second kappa shape index (κ2) is 9.97. The van der Waals surface area contributed by atoms with Gasteiger partial charge in [-0.25, -0.2) is 0 Å². The van der Waals surface area contributed by atoms with Crippen molar-refractivity contribution in [3.8, 4) is 0 Å². The van der Waals surface area contributed by atoms with Crippen LogP contribution in [0.1, 0.15) is 18.8 Å². The number of rotatable bonds is 8. The smallest absolute Gasteiger partial charge is 0.191 e. The highest BCUT2D eigenvalue weighted by molar-refractivity contribution is 7.99. The molecule has 0 bridgehead atoms. The van der Waals surface area contributed by atoms with Crippen molar-refractivity contribution < 1.29 is 9.52 Å². The molecule has 1 unspecified atom stereocenters. The number of nitrogens with one attached hydrogen (secondary N) is 2. The Bertz CT molecular complexity index is 573. The van der Waals surface area contributed by atoms with Crippen LogP contribution in [0.15, 0.2) is 63.0 Å². The van der Waals surface area contributed by atoms with E-state index >= 15 is 0 Å². The summed E-state index contributed by atoms with van der Waals surface area (Å²) in [4.78, 5) is 5.64. The van der Waals surface area contributed by atoms with Crippen LogP contribution in [-0.2, 0) is 0 Å². The Morgan fingerprint density at radius 2 is 2.04 bits per heavy atom. The molecule has 1 atom stereocenters. The van der Waals surface area contributed by atoms with Gasteiger partial charge < -0.3 is 20.2 Å². The van der Waals surface area contributed by atoms with E-state index in [1.807, 2.05) is 25.1 Å². The highest BCUT2D eigenvalue weighted by Gasteiger charge is 2.09. The Labute approximate surface area is 141 Å². The van der Waals surface area contributed by atoms with Gasteiger partial charge in [-0.05, 0) is 31.2 Å². The Hall–Kier alpha value is -1.92. The molecule has 2 aromatic rings. The van der Waals surface area contributed by atoms with Crippen LogP contribution < -0.4 is 10.6 Å². The van der Waals surface area contributed by atoms with Gasteiger partial charge in [0.1, 0.15) is 11.9 Å². The first-order valence-electron chi connectivity index (χ1n) is 7.71. The summed E-state index contributed by atoms with van der Waals surface area (Å²) < 4.78 is 5.17. The van der Waals surface area contributed by atoms with Gasteiger partial charge in [0.25, 0.3) is 0 Å². The van der Waals surface area contributed by atoms with Crippen LogP contribution in [0.4, 0.5) is 0 Å². The average molecular weight is 333 g/mol. The van der Waals surface area contributed by atoms with E-state index < -0.39 is 6.10 Å². The number of aliphatic hydroxyl groups excluding tert-OH is 1. The van der Waals surface area contributed by atoms with Gasteiger partial charge in [0.2, 0.25) is 0 Å². The van der Waals surface area contributed by atoms with E-state index in [1.165, 1.54) is 4.90 Å². The molecule has 1 heterocycles. The lowest BCUT2D eigenvalue weighted by Gasteiger charge is -2.12. The molecule has 0 fully saturated rings. The number of furan rings is 1. The van der Waals surface area contributed by atoms with Crippen LogP contribution in [0.2, 0.25) is 0 Å². The summed E-state index contributed by atoms with van der Waals surface area (Å²) in [6.07, 6.45) is 0.825. The lowest BCUT2D eigenvalue weighted by Crippen LogP contribution is -2.38. The molecule has 3 N–H and O–H groups in total. The van der Waals surface area contributed by atoms with Crippen molar-refractivity contribution in [3.05, 3.63) is 54.5 Å². The molecule has 6 heteroatoms. The largest absolute Gasteiger partial charge is 0.467 e. The highest BCUT2D eigenvalue weighted by Crippen LogP contribution is 2.15. The van der Waals surface area contributed by atoms with Gasteiger partial charge >= 0.3 is 0 Å². The summed E-state index contributed by atoms with van der Waals surface area (Å²) in [6, 6.07) is 13.8. The van der Waals surface area contributed by atoms with Crippen molar-refractivity contribution in [2.24, 2.45) is 4.99 Å². The van der Waals surface area contributed by atoms with Gasteiger partial charge in [0.15, 0.2) is 5.96 Å². The fraction of sp³-hybridized carbons (Fsp3) is 0.353. The number of hydrogen-bond donors (Lipinski definition) is 3. The molecule has 5 nitrogen and oxygen atoms in total. The molecule has 0 amide bonds. The SMILES string of the molecule is CCNC(=NCC(O)c1ccco1)NCCSc1ccccc1. The highest BCUT2D eigenvalue weighted by atomic mass is 32.2. The molecule has 0 aliphatic carbocycles. The zero-order chi connectivity index (χ0) is 16.3. The molecule has 0 saturated heterocycles. The summed E-state index contributed by atoms with van der Waals surface area (Å²) in [7, 11) is 0. The van der Waals surface area contributed by atoms with Crippen LogP contribution >= 0.6 is 11.8 Å². The van der Waals surface area contributed by atoms with Crippen molar-refractivity contribution in [3.63, 3.8) is 0 Å². The predicted molar refractivity (Wildman–Crippen MR) is 94.8 cm³/mol. The predicted octanol–water partition coefficient (Wildman–Crippen LogP) is 2.66. The summed E-state index contributed by atoms with van der Waals surface area (Å²) in [5, 5.41) is 16.4. The standard InChI is InChI=1S/C17H23N3O2S/c1-2-18-17(20-13-15(21)16-9-6-11-22-16)19-10-12-23-14-7-4-3-5-8-14/h3-9,11,15,21H,2,10,12-13H2,1H3,(H2,18,19,20). The molecule has 23 heavy (non-hydrogen) atoms. The van der Waals surface area contributed by atoms with E-state index in [1.54, 1.807) is 30.2 Å². The molecule has 0 spiro atoms. The normalized spacial score (nSPS) is 12.9. The third kappa shape index (κ3) is 6.38. The topological polar surface area (TPSA) is 69.8 Å². The minimum Gasteiger partial charge on any atom is -0.467 e. The quantitative estimate of drug-likeness (QED) is 0.300. The van der Waals surface area contributed by atoms with Crippen molar-refractivity contribution in [1.29, 1.82) is 0 Å². The van der Waals surface area contributed by atoms with Gasteiger partial charge in [-0.1, -0.05) is 18.2 Å². The van der Waals surface area contributed by atoms with Crippen molar-refractivity contribution >= 4 is 17.7 Å². The van der Waals surface area contributed by atoms with Gasteiger partial charge in [-0.3, -0.25) is 4.99 Å². The fourth-order valence-electron chi connectivity index (χ4n) is 1.95. The zero-order valence-corrected chi connectivity index (χ0v) is 14.1. The molecular weight excluding hydrogens is 310 g/mol. The molecule has 0 saturated carbocycles.